The molecule has 0 unspecified atom stereocenters. The molecule has 0 saturated heterocycles. The lowest BCUT2D eigenvalue weighted by Gasteiger charge is -1.77. The van der Waals surface area contributed by atoms with E-state index >= 15 is 0 Å². The van der Waals surface area contributed by atoms with Crippen molar-refractivity contribution >= 4 is 0 Å². The molecule has 0 bridgehead atoms. The summed E-state index contributed by atoms with van der Waals surface area (Å²) in [6, 6.07) is 2.08. The first kappa shape index (κ1) is 4.61. The van der Waals surface area contributed by atoms with Crippen molar-refractivity contribution in [2.45, 2.75) is 6.42 Å². The average molecular weight is 97.1 g/mol. The molecule has 1 saturated carbocycles. The highest BCUT2D eigenvalue weighted by molar-refractivity contribution is 5.00. The Morgan fingerprint density at radius 1 is 1.86 bits per heavy atom. The number of hydrogen-bond donors (Lipinski definition) is 1. The first-order chi connectivity index (χ1) is 3.38. The lowest BCUT2D eigenvalue weighted by atomic mass is 10.4. The van der Waals surface area contributed by atoms with E-state index in [9.17, 15) is 0 Å². The van der Waals surface area contributed by atoms with Crippen LogP contribution in [0.5, 0.6) is 0 Å². The van der Waals surface area contributed by atoms with E-state index in [1.807, 2.05) is 0 Å². The third-order valence-corrected chi connectivity index (χ3v) is 1.32. The third-order valence-electron chi connectivity index (χ3n) is 1.32. The van der Waals surface area contributed by atoms with Crippen molar-refractivity contribution < 1.29 is 5.11 Å². The molecule has 2 atom stereocenters. The predicted molar refractivity (Wildman–Crippen MR) is 24.3 cm³/mol. The van der Waals surface area contributed by atoms with Crippen LogP contribution in [0.15, 0.2) is 0 Å². The van der Waals surface area contributed by atoms with Crippen molar-refractivity contribution in [1.29, 1.82) is 5.26 Å². The Bertz CT molecular complexity index is 105. The van der Waals surface area contributed by atoms with Gasteiger partial charge in [-0.05, 0) is 12.3 Å². The second-order valence-corrected chi connectivity index (χ2v) is 1.91. The zero-order chi connectivity index (χ0) is 5.28. The molecule has 0 spiro atoms. The summed E-state index contributed by atoms with van der Waals surface area (Å²) in [6.07, 6.45) is 0.910. The number of aliphatic hydroxyl groups is 1. The topological polar surface area (TPSA) is 44.0 Å². The van der Waals surface area contributed by atoms with E-state index in [-0.39, 0.29) is 12.5 Å². The molecule has 0 aliphatic heterocycles. The van der Waals surface area contributed by atoms with Crippen LogP contribution in [-0.4, -0.2) is 11.7 Å². The first-order valence-corrected chi connectivity index (χ1v) is 2.39. The van der Waals surface area contributed by atoms with Crippen molar-refractivity contribution in [2.75, 3.05) is 6.61 Å². The van der Waals surface area contributed by atoms with Gasteiger partial charge in [0.1, 0.15) is 0 Å². The number of nitriles is 1. The van der Waals surface area contributed by atoms with Crippen molar-refractivity contribution in [2.24, 2.45) is 11.8 Å². The predicted octanol–water partition coefficient (Wildman–Crippen LogP) is 0.138. The molecule has 0 aromatic carbocycles. The van der Waals surface area contributed by atoms with Gasteiger partial charge in [0.05, 0.1) is 12.0 Å². The fraction of sp³-hybridized carbons (Fsp3) is 0.800. The SMILES string of the molecule is N#C[C@H]1C[C@H]1CO. The molecule has 2 nitrogen and oxygen atoms in total. The van der Waals surface area contributed by atoms with Gasteiger partial charge in [-0.1, -0.05) is 0 Å². The molecule has 0 heterocycles. The molecule has 1 fully saturated rings. The Balaban J connectivity index is 2.21. The number of aliphatic hydroxyl groups excluding tert-OH is 1. The van der Waals surface area contributed by atoms with Crippen molar-refractivity contribution in [3.63, 3.8) is 0 Å². The maximum atomic E-state index is 8.36. The molecule has 38 valence electrons. The lowest BCUT2D eigenvalue weighted by molar-refractivity contribution is 0.273. The Morgan fingerprint density at radius 3 is 2.71 bits per heavy atom. The van der Waals surface area contributed by atoms with Crippen LogP contribution in [0.2, 0.25) is 0 Å². The largest absolute Gasteiger partial charge is 0.396 e. The van der Waals surface area contributed by atoms with Gasteiger partial charge in [-0.3, -0.25) is 0 Å². The first-order valence-electron chi connectivity index (χ1n) is 2.39. The van der Waals surface area contributed by atoms with Crippen molar-refractivity contribution in [3.8, 4) is 6.07 Å². The highest BCUT2D eigenvalue weighted by Crippen LogP contribution is 2.36. The molecular weight excluding hydrogens is 90.1 g/mol. The van der Waals surface area contributed by atoms with Crippen LogP contribution in [0.3, 0.4) is 0 Å². The fourth-order valence-electron chi connectivity index (χ4n) is 0.607. The minimum Gasteiger partial charge on any atom is -0.396 e. The van der Waals surface area contributed by atoms with Crippen LogP contribution in [0.25, 0.3) is 0 Å². The molecule has 0 radical (unpaired) electrons. The highest BCUT2D eigenvalue weighted by Gasteiger charge is 2.36. The summed E-state index contributed by atoms with van der Waals surface area (Å²) < 4.78 is 0. The van der Waals surface area contributed by atoms with Crippen LogP contribution >= 0.6 is 0 Å². The monoisotopic (exact) mass is 97.1 g/mol. The Kier molecular flexibility index (Phi) is 0.994. The van der Waals surface area contributed by atoms with Crippen LogP contribution in [0, 0.1) is 23.2 Å². The van der Waals surface area contributed by atoms with Crippen LogP contribution in [0.1, 0.15) is 6.42 Å². The standard InChI is InChI=1S/C5H7NO/c6-2-4-1-5(4)3-7/h4-5,7H,1,3H2/t4-,5+/m1/s1. The van der Waals surface area contributed by atoms with E-state index < -0.39 is 0 Å². The summed E-state index contributed by atoms with van der Waals surface area (Å²) >= 11 is 0. The summed E-state index contributed by atoms with van der Waals surface area (Å²) in [7, 11) is 0. The second-order valence-electron chi connectivity index (χ2n) is 1.91. The number of hydrogen-bond acceptors (Lipinski definition) is 2. The maximum absolute atomic E-state index is 8.36. The van der Waals surface area contributed by atoms with Crippen LogP contribution in [-0.2, 0) is 0 Å². The van der Waals surface area contributed by atoms with Gasteiger partial charge < -0.3 is 5.11 Å². The maximum Gasteiger partial charge on any atom is 0.0659 e. The minimum atomic E-state index is 0.171. The van der Waals surface area contributed by atoms with Gasteiger partial charge in [-0.15, -0.1) is 0 Å². The average Bonchev–Trinajstić information content (AvgIpc) is 2.43. The molecule has 0 amide bonds. The molecule has 2 heteroatoms. The van der Waals surface area contributed by atoms with Crippen molar-refractivity contribution in [1.82, 2.24) is 0 Å². The molecular formula is C5H7NO. The highest BCUT2D eigenvalue weighted by atomic mass is 16.3. The second kappa shape index (κ2) is 1.51. The van der Waals surface area contributed by atoms with E-state index in [0.717, 1.165) is 6.42 Å². The summed E-state index contributed by atoms with van der Waals surface area (Å²) in [5.41, 5.74) is 0. The number of nitrogens with zero attached hydrogens (tertiary/aromatic N) is 1. The summed E-state index contributed by atoms with van der Waals surface area (Å²) in [6.45, 7) is 0.193. The van der Waals surface area contributed by atoms with Crippen LogP contribution < -0.4 is 0 Å². The lowest BCUT2D eigenvalue weighted by Crippen LogP contribution is -1.84. The van der Waals surface area contributed by atoms with Gasteiger partial charge in [-0.2, -0.15) is 5.26 Å². The van der Waals surface area contributed by atoms with Gasteiger partial charge >= 0.3 is 0 Å². The van der Waals surface area contributed by atoms with Gasteiger partial charge in [0.15, 0.2) is 0 Å². The minimum absolute atomic E-state index is 0.171. The summed E-state index contributed by atoms with van der Waals surface area (Å²) in [5.74, 6) is 0.481. The van der Waals surface area contributed by atoms with Gasteiger partial charge in [0.2, 0.25) is 0 Å². The smallest absolute Gasteiger partial charge is 0.0659 e. The van der Waals surface area contributed by atoms with Crippen molar-refractivity contribution in [3.05, 3.63) is 0 Å². The molecule has 1 rings (SSSR count). The number of rotatable bonds is 1. The Hall–Kier alpha value is -0.550. The summed E-state index contributed by atoms with van der Waals surface area (Å²) in [4.78, 5) is 0. The Labute approximate surface area is 42.4 Å². The molecule has 1 N–H and O–H groups in total. The van der Waals surface area contributed by atoms with Gasteiger partial charge in [-0.25, -0.2) is 0 Å². The van der Waals surface area contributed by atoms with E-state index in [1.54, 1.807) is 0 Å². The molecule has 7 heavy (non-hydrogen) atoms. The van der Waals surface area contributed by atoms with Gasteiger partial charge in [0.25, 0.3) is 0 Å². The molecule has 1 aliphatic carbocycles. The van der Waals surface area contributed by atoms with Gasteiger partial charge in [0, 0.05) is 6.61 Å². The quantitative estimate of drug-likeness (QED) is 0.505. The van der Waals surface area contributed by atoms with E-state index in [2.05, 4.69) is 6.07 Å². The molecule has 0 aromatic heterocycles. The van der Waals surface area contributed by atoms with E-state index in [0.29, 0.717) is 5.92 Å². The fourth-order valence-corrected chi connectivity index (χ4v) is 0.607. The van der Waals surface area contributed by atoms with E-state index in [1.165, 1.54) is 0 Å². The molecule has 0 aromatic rings. The Morgan fingerprint density at radius 2 is 2.57 bits per heavy atom. The van der Waals surface area contributed by atoms with E-state index in [4.69, 9.17) is 10.4 Å². The summed E-state index contributed by atoms with van der Waals surface area (Å²) in [5, 5.41) is 16.5. The zero-order valence-electron chi connectivity index (χ0n) is 3.96. The normalized spacial score (nSPS) is 37.1. The van der Waals surface area contributed by atoms with Crippen LogP contribution in [0.4, 0.5) is 0 Å². The third kappa shape index (κ3) is 0.726. The molecule has 1 aliphatic rings. The zero-order valence-corrected chi connectivity index (χ0v) is 3.96.